The van der Waals surface area contributed by atoms with Crippen LogP contribution in [0.1, 0.15) is 42.3 Å². The van der Waals surface area contributed by atoms with E-state index in [1.807, 2.05) is 6.92 Å². The molecule has 0 bridgehead atoms. The minimum atomic E-state index is -0.590. The molecule has 1 heterocycles. The maximum Gasteiger partial charge on any atom is 0.328 e. The van der Waals surface area contributed by atoms with Crippen LogP contribution in [0.15, 0.2) is 16.7 Å². The van der Waals surface area contributed by atoms with E-state index in [1.54, 1.807) is 17.9 Å². The summed E-state index contributed by atoms with van der Waals surface area (Å²) in [7, 11) is 1.33. The lowest BCUT2D eigenvalue weighted by Gasteiger charge is -2.39. The van der Waals surface area contributed by atoms with Crippen LogP contribution in [0.25, 0.3) is 0 Å². The summed E-state index contributed by atoms with van der Waals surface area (Å²) in [5.74, 6) is -0.322. The van der Waals surface area contributed by atoms with Gasteiger partial charge in [0, 0.05) is 11.6 Å². The smallest absolute Gasteiger partial charge is 0.328 e. The van der Waals surface area contributed by atoms with E-state index in [0.717, 1.165) is 24.8 Å². The first-order valence-corrected chi connectivity index (χ1v) is 6.50. The van der Waals surface area contributed by atoms with Crippen molar-refractivity contribution in [3.63, 3.8) is 0 Å². The summed E-state index contributed by atoms with van der Waals surface area (Å²) in [4.78, 5) is 25.9. The van der Waals surface area contributed by atoms with Crippen molar-refractivity contribution in [1.82, 2.24) is 4.90 Å². The Morgan fingerprint density at radius 1 is 1.47 bits per heavy atom. The summed E-state index contributed by atoms with van der Waals surface area (Å²) >= 11 is 0. The van der Waals surface area contributed by atoms with Crippen LogP contribution in [0.5, 0.6) is 0 Å². The summed E-state index contributed by atoms with van der Waals surface area (Å²) in [5.41, 5.74) is 0.784. The van der Waals surface area contributed by atoms with Gasteiger partial charge in [0.05, 0.1) is 13.4 Å². The van der Waals surface area contributed by atoms with Crippen LogP contribution in [-0.4, -0.2) is 36.0 Å². The van der Waals surface area contributed by atoms with Crippen molar-refractivity contribution in [3.8, 4) is 0 Å². The highest BCUT2D eigenvalue weighted by molar-refractivity contribution is 5.95. The van der Waals surface area contributed by atoms with E-state index in [0.29, 0.717) is 5.76 Å². The zero-order chi connectivity index (χ0) is 14.0. The van der Waals surface area contributed by atoms with Crippen LogP contribution in [0.2, 0.25) is 0 Å². The van der Waals surface area contributed by atoms with Crippen LogP contribution >= 0.6 is 0 Å². The number of amides is 1. The Labute approximate surface area is 112 Å². The summed E-state index contributed by atoms with van der Waals surface area (Å²) < 4.78 is 9.99. The minimum Gasteiger partial charge on any atom is -0.467 e. The van der Waals surface area contributed by atoms with Gasteiger partial charge in [0.25, 0.3) is 5.91 Å². The molecule has 1 fully saturated rings. The van der Waals surface area contributed by atoms with E-state index in [1.165, 1.54) is 13.4 Å². The Kier molecular flexibility index (Phi) is 3.93. The van der Waals surface area contributed by atoms with Gasteiger partial charge in [-0.3, -0.25) is 4.79 Å². The van der Waals surface area contributed by atoms with Crippen molar-refractivity contribution in [2.24, 2.45) is 0 Å². The number of hydrogen-bond acceptors (Lipinski definition) is 4. The van der Waals surface area contributed by atoms with Gasteiger partial charge < -0.3 is 14.1 Å². The maximum atomic E-state index is 12.5. The minimum absolute atomic E-state index is 0.103. The molecule has 1 aromatic rings. The Bertz CT molecular complexity index is 476. The second-order valence-electron chi connectivity index (χ2n) is 4.93. The van der Waals surface area contributed by atoms with Crippen LogP contribution in [0.3, 0.4) is 0 Å². The van der Waals surface area contributed by atoms with Gasteiger partial charge in [-0.25, -0.2) is 4.79 Å². The summed E-state index contributed by atoms with van der Waals surface area (Å²) in [6.07, 6.45) is 4.42. The largest absolute Gasteiger partial charge is 0.467 e. The zero-order valence-corrected chi connectivity index (χ0v) is 11.5. The van der Waals surface area contributed by atoms with Crippen molar-refractivity contribution < 1.29 is 18.7 Å². The van der Waals surface area contributed by atoms with Gasteiger partial charge in [-0.15, -0.1) is 0 Å². The fourth-order valence-electron chi connectivity index (χ4n) is 2.32. The van der Waals surface area contributed by atoms with Gasteiger partial charge in [-0.05, 0) is 39.2 Å². The molecule has 0 unspecified atom stereocenters. The van der Waals surface area contributed by atoms with E-state index in [-0.39, 0.29) is 11.9 Å². The van der Waals surface area contributed by atoms with Crippen molar-refractivity contribution in [3.05, 3.63) is 23.7 Å². The van der Waals surface area contributed by atoms with E-state index < -0.39 is 12.0 Å². The third-order valence-corrected chi connectivity index (χ3v) is 3.72. The summed E-state index contributed by atoms with van der Waals surface area (Å²) in [6, 6.07) is 1.26. The first-order chi connectivity index (χ1) is 9.06. The number of carbonyl (C=O) groups excluding carboxylic acids is 2. The molecule has 19 heavy (non-hydrogen) atoms. The van der Waals surface area contributed by atoms with Crippen LogP contribution < -0.4 is 0 Å². The fourth-order valence-corrected chi connectivity index (χ4v) is 2.32. The van der Waals surface area contributed by atoms with Gasteiger partial charge in [0.15, 0.2) is 5.76 Å². The molecule has 0 aromatic carbocycles. The molecular formula is C14H19NO4. The SMILES string of the molecule is COC(=O)[C@H](C)N(C(=O)c1occc1C)C1CCC1. The molecule has 1 aliphatic rings. The van der Waals surface area contributed by atoms with Crippen molar-refractivity contribution in [1.29, 1.82) is 0 Å². The zero-order valence-electron chi connectivity index (χ0n) is 11.5. The van der Waals surface area contributed by atoms with Crippen LogP contribution in [0, 0.1) is 6.92 Å². The molecule has 1 atom stereocenters. The average Bonchev–Trinajstić information content (AvgIpc) is 2.77. The summed E-state index contributed by atoms with van der Waals surface area (Å²) in [6.45, 7) is 3.51. The molecule has 0 aliphatic heterocycles. The number of carbonyl (C=O) groups is 2. The summed E-state index contributed by atoms with van der Waals surface area (Å²) in [5, 5.41) is 0. The molecule has 1 saturated carbocycles. The lowest BCUT2D eigenvalue weighted by atomic mass is 9.90. The second-order valence-corrected chi connectivity index (χ2v) is 4.93. The average molecular weight is 265 g/mol. The third-order valence-electron chi connectivity index (χ3n) is 3.72. The van der Waals surface area contributed by atoms with E-state index >= 15 is 0 Å². The number of rotatable bonds is 4. The predicted octanol–water partition coefficient (Wildman–Crippen LogP) is 2.14. The normalized spacial score (nSPS) is 16.6. The Hall–Kier alpha value is -1.78. The Morgan fingerprint density at radius 3 is 2.58 bits per heavy atom. The van der Waals surface area contributed by atoms with E-state index in [2.05, 4.69) is 0 Å². The molecule has 1 aliphatic carbocycles. The van der Waals surface area contributed by atoms with Gasteiger partial charge in [0.2, 0.25) is 0 Å². The number of hydrogen-bond donors (Lipinski definition) is 0. The molecule has 1 aromatic heterocycles. The van der Waals surface area contributed by atoms with Gasteiger partial charge >= 0.3 is 5.97 Å². The van der Waals surface area contributed by atoms with Crippen molar-refractivity contribution >= 4 is 11.9 Å². The fraction of sp³-hybridized carbons (Fsp3) is 0.571. The molecule has 5 nitrogen and oxygen atoms in total. The lowest BCUT2D eigenvalue weighted by molar-refractivity contribution is -0.146. The first kappa shape index (κ1) is 13.6. The molecule has 104 valence electrons. The molecule has 0 saturated heterocycles. The monoisotopic (exact) mass is 265 g/mol. The Morgan fingerprint density at radius 2 is 2.16 bits per heavy atom. The molecule has 1 amide bonds. The number of aryl methyl sites for hydroxylation is 1. The highest BCUT2D eigenvalue weighted by atomic mass is 16.5. The number of nitrogens with zero attached hydrogens (tertiary/aromatic N) is 1. The third kappa shape index (κ3) is 2.50. The number of methoxy groups -OCH3 is 1. The molecule has 5 heteroatoms. The molecule has 0 spiro atoms. The Balaban J connectivity index is 2.25. The van der Waals surface area contributed by atoms with Gasteiger partial charge in [0.1, 0.15) is 6.04 Å². The number of esters is 1. The van der Waals surface area contributed by atoms with E-state index in [9.17, 15) is 9.59 Å². The highest BCUT2D eigenvalue weighted by Crippen LogP contribution is 2.29. The molecule has 2 rings (SSSR count). The standard InChI is InChI=1S/C14H19NO4/c1-9-7-8-19-12(9)13(16)15(11-5-4-6-11)10(2)14(17)18-3/h7-8,10-11H,4-6H2,1-3H3/t10-/m0/s1. The second kappa shape index (κ2) is 5.47. The molecular weight excluding hydrogens is 246 g/mol. The number of furan rings is 1. The van der Waals surface area contributed by atoms with E-state index in [4.69, 9.17) is 9.15 Å². The van der Waals surface area contributed by atoms with Crippen LogP contribution in [-0.2, 0) is 9.53 Å². The van der Waals surface area contributed by atoms with Crippen LogP contribution in [0.4, 0.5) is 0 Å². The topological polar surface area (TPSA) is 59.8 Å². The maximum absolute atomic E-state index is 12.5. The lowest BCUT2D eigenvalue weighted by Crippen LogP contribution is -2.52. The molecule has 0 N–H and O–H groups in total. The van der Waals surface area contributed by atoms with Gasteiger partial charge in [-0.1, -0.05) is 0 Å². The quantitative estimate of drug-likeness (QED) is 0.783. The molecule has 0 radical (unpaired) electrons. The number of ether oxygens (including phenoxy) is 1. The first-order valence-electron chi connectivity index (χ1n) is 6.50. The van der Waals surface area contributed by atoms with Crippen molar-refractivity contribution in [2.45, 2.75) is 45.2 Å². The predicted molar refractivity (Wildman–Crippen MR) is 68.7 cm³/mol. The van der Waals surface area contributed by atoms with Crippen molar-refractivity contribution in [2.75, 3.05) is 7.11 Å². The van der Waals surface area contributed by atoms with Gasteiger partial charge in [-0.2, -0.15) is 0 Å². The highest BCUT2D eigenvalue weighted by Gasteiger charge is 2.37.